The Balaban J connectivity index is 1.47. The highest BCUT2D eigenvalue weighted by molar-refractivity contribution is 8.15. The van der Waals surface area contributed by atoms with Gasteiger partial charge in [0.05, 0.1) is 6.61 Å². The summed E-state index contributed by atoms with van der Waals surface area (Å²) >= 11 is 1.19. The van der Waals surface area contributed by atoms with Gasteiger partial charge in [0.15, 0.2) is 5.17 Å². The van der Waals surface area contributed by atoms with Crippen LogP contribution in [0.4, 0.5) is 5.69 Å². The van der Waals surface area contributed by atoms with Crippen LogP contribution < -0.4 is 15.4 Å². The van der Waals surface area contributed by atoms with E-state index in [0.717, 1.165) is 11.3 Å². The number of rotatable bonds is 8. The first-order valence-electron chi connectivity index (χ1n) is 9.47. The average molecular weight is 423 g/mol. The molecule has 1 fully saturated rings. The Bertz CT molecular complexity index is 956. The first-order chi connectivity index (χ1) is 14.6. The van der Waals surface area contributed by atoms with E-state index >= 15 is 0 Å². The van der Waals surface area contributed by atoms with Crippen molar-refractivity contribution in [1.29, 1.82) is 0 Å². The molecular weight excluding hydrogens is 400 g/mol. The largest absolute Gasteiger partial charge is 0.494 e. The maximum absolute atomic E-state index is 12.3. The van der Waals surface area contributed by atoms with Gasteiger partial charge in [-0.05, 0) is 42.8 Å². The van der Waals surface area contributed by atoms with E-state index < -0.39 is 5.25 Å². The number of hydrogen-bond donors (Lipinski definition) is 2. The number of carbonyl (C=O) groups excluding carboxylic acids is 2. The highest BCUT2D eigenvalue weighted by Gasteiger charge is 2.32. The van der Waals surface area contributed by atoms with Crippen LogP contribution in [0.15, 0.2) is 70.9 Å². The summed E-state index contributed by atoms with van der Waals surface area (Å²) < 4.78 is 5.37. The maximum Gasteiger partial charge on any atom is 0.240 e. The zero-order valence-corrected chi connectivity index (χ0v) is 17.3. The normalized spacial score (nSPS) is 17.6. The number of anilines is 1. The molecule has 1 heterocycles. The number of ether oxygens (including phenoxy) is 1. The lowest BCUT2D eigenvalue weighted by Crippen LogP contribution is -2.28. The van der Waals surface area contributed by atoms with Crippen LogP contribution >= 0.6 is 11.8 Å². The number of allylic oxidation sites excluding steroid dienone is 1. The average Bonchev–Trinajstić information content (AvgIpc) is 3.09. The van der Waals surface area contributed by atoms with Gasteiger partial charge in [-0.3, -0.25) is 9.59 Å². The van der Waals surface area contributed by atoms with E-state index in [4.69, 9.17) is 4.74 Å². The van der Waals surface area contributed by atoms with Crippen molar-refractivity contribution in [2.75, 3.05) is 11.9 Å². The molecule has 7 nitrogen and oxygen atoms in total. The number of amides is 2. The predicted molar refractivity (Wildman–Crippen MR) is 122 cm³/mol. The zero-order valence-electron chi connectivity index (χ0n) is 16.4. The van der Waals surface area contributed by atoms with Crippen LogP contribution in [-0.2, 0) is 9.59 Å². The van der Waals surface area contributed by atoms with Crippen molar-refractivity contribution in [3.05, 3.63) is 66.2 Å². The third-order valence-corrected chi connectivity index (χ3v) is 5.06. The molecule has 0 saturated carbocycles. The van der Waals surface area contributed by atoms with Crippen molar-refractivity contribution >= 4 is 46.7 Å². The Kier molecular flexibility index (Phi) is 7.79. The summed E-state index contributed by atoms with van der Waals surface area (Å²) in [5.74, 6) is 0.235. The second-order valence-electron chi connectivity index (χ2n) is 6.24. The molecule has 1 aliphatic rings. The van der Waals surface area contributed by atoms with Gasteiger partial charge in [-0.15, -0.1) is 5.10 Å². The second kappa shape index (κ2) is 11.0. The summed E-state index contributed by atoms with van der Waals surface area (Å²) in [6, 6.07) is 16.9. The van der Waals surface area contributed by atoms with E-state index in [1.165, 1.54) is 11.8 Å². The van der Waals surface area contributed by atoms with E-state index in [0.29, 0.717) is 17.5 Å². The molecule has 8 heteroatoms. The van der Waals surface area contributed by atoms with E-state index in [1.54, 1.807) is 36.6 Å². The lowest BCUT2D eigenvalue weighted by Gasteiger charge is -2.08. The van der Waals surface area contributed by atoms with Crippen LogP contribution in [0.25, 0.3) is 6.08 Å². The third kappa shape index (κ3) is 6.59. The SMILES string of the molecule is CCOc1ccc(NC(=O)CC2S\C(=N/N=C/C=C/c3ccccc3)NC2=O)cc1. The number of thioether (sulfide) groups is 1. The summed E-state index contributed by atoms with van der Waals surface area (Å²) in [5.41, 5.74) is 1.70. The molecule has 1 atom stereocenters. The smallest absolute Gasteiger partial charge is 0.240 e. The molecule has 0 aliphatic carbocycles. The molecule has 0 radical (unpaired) electrons. The third-order valence-electron chi connectivity index (χ3n) is 3.99. The van der Waals surface area contributed by atoms with Gasteiger partial charge in [0.1, 0.15) is 11.0 Å². The fourth-order valence-corrected chi connectivity index (χ4v) is 3.53. The summed E-state index contributed by atoms with van der Waals surface area (Å²) in [6.07, 6.45) is 5.25. The van der Waals surface area contributed by atoms with E-state index in [2.05, 4.69) is 20.8 Å². The Morgan fingerprint density at radius 1 is 1.20 bits per heavy atom. The Hall–Kier alpha value is -3.39. The number of hydrogen-bond acceptors (Lipinski definition) is 6. The molecule has 2 N–H and O–H groups in total. The lowest BCUT2D eigenvalue weighted by molar-refractivity contribution is -0.122. The summed E-state index contributed by atoms with van der Waals surface area (Å²) in [4.78, 5) is 24.3. The minimum Gasteiger partial charge on any atom is -0.494 e. The van der Waals surface area contributed by atoms with E-state index in [-0.39, 0.29) is 18.2 Å². The van der Waals surface area contributed by atoms with Crippen LogP contribution in [0.2, 0.25) is 0 Å². The molecule has 2 aromatic carbocycles. The standard InChI is InChI=1S/C22H22N4O3S/c1-2-29-18-12-10-17(11-13-18)24-20(27)15-19-21(28)25-22(30-19)26-23-14-6-9-16-7-4-3-5-8-16/h3-14,19H,2,15H2,1H3,(H,24,27)(H,25,26,28)/b9-6+,23-14+. The molecular formula is C22H22N4O3S. The van der Waals surface area contributed by atoms with Crippen molar-refractivity contribution in [2.24, 2.45) is 10.2 Å². The van der Waals surface area contributed by atoms with Gasteiger partial charge in [-0.1, -0.05) is 48.2 Å². The van der Waals surface area contributed by atoms with Crippen LogP contribution in [0.1, 0.15) is 18.9 Å². The summed E-state index contributed by atoms with van der Waals surface area (Å²) in [5, 5.41) is 13.2. The molecule has 30 heavy (non-hydrogen) atoms. The maximum atomic E-state index is 12.3. The highest BCUT2D eigenvalue weighted by Crippen LogP contribution is 2.23. The fourth-order valence-electron chi connectivity index (χ4n) is 2.61. The predicted octanol–water partition coefficient (Wildman–Crippen LogP) is 3.70. The van der Waals surface area contributed by atoms with Crippen LogP contribution in [0.3, 0.4) is 0 Å². The van der Waals surface area contributed by atoms with Crippen molar-refractivity contribution < 1.29 is 14.3 Å². The molecule has 1 saturated heterocycles. The van der Waals surface area contributed by atoms with Gasteiger partial charge in [0, 0.05) is 18.3 Å². The van der Waals surface area contributed by atoms with Crippen molar-refractivity contribution in [2.45, 2.75) is 18.6 Å². The summed E-state index contributed by atoms with van der Waals surface area (Å²) in [6.45, 7) is 2.49. The molecule has 0 bridgehead atoms. The van der Waals surface area contributed by atoms with E-state index in [9.17, 15) is 9.59 Å². The number of nitrogens with zero attached hydrogens (tertiary/aromatic N) is 2. The van der Waals surface area contributed by atoms with Gasteiger partial charge < -0.3 is 15.4 Å². The number of benzene rings is 2. The molecule has 3 rings (SSSR count). The van der Waals surface area contributed by atoms with Gasteiger partial charge in [-0.25, -0.2) is 0 Å². The van der Waals surface area contributed by atoms with Gasteiger partial charge in [-0.2, -0.15) is 5.10 Å². The number of carbonyl (C=O) groups is 2. The van der Waals surface area contributed by atoms with Crippen molar-refractivity contribution in [3.63, 3.8) is 0 Å². The second-order valence-corrected chi connectivity index (χ2v) is 7.44. The lowest BCUT2D eigenvalue weighted by atomic mass is 10.2. The van der Waals surface area contributed by atoms with Crippen molar-refractivity contribution in [3.8, 4) is 5.75 Å². The highest BCUT2D eigenvalue weighted by atomic mass is 32.2. The molecule has 2 amide bonds. The minimum absolute atomic E-state index is 0.0420. The first kappa shape index (κ1) is 21.3. The fraction of sp³-hybridized carbons (Fsp3) is 0.182. The molecule has 2 aromatic rings. The van der Waals surface area contributed by atoms with Gasteiger partial charge in [0.25, 0.3) is 0 Å². The van der Waals surface area contributed by atoms with Crippen LogP contribution in [-0.4, -0.2) is 35.1 Å². The van der Waals surface area contributed by atoms with E-state index in [1.807, 2.05) is 43.3 Å². The van der Waals surface area contributed by atoms with Crippen LogP contribution in [0.5, 0.6) is 5.75 Å². The van der Waals surface area contributed by atoms with Gasteiger partial charge >= 0.3 is 0 Å². The zero-order chi connectivity index (χ0) is 21.2. The van der Waals surface area contributed by atoms with Gasteiger partial charge in [0.2, 0.25) is 11.8 Å². The molecule has 0 spiro atoms. The molecule has 154 valence electrons. The molecule has 1 aliphatic heterocycles. The Morgan fingerprint density at radius 3 is 2.70 bits per heavy atom. The topological polar surface area (TPSA) is 92.2 Å². The molecule has 1 unspecified atom stereocenters. The molecule has 0 aromatic heterocycles. The van der Waals surface area contributed by atoms with Crippen molar-refractivity contribution in [1.82, 2.24) is 5.32 Å². The Labute approximate surface area is 179 Å². The number of nitrogens with one attached hydrogen (secondary N) is 2. The monoisotopic (exact) mass is 422 g/mol. The number of amidine groups is 1. The van der Waals surface area contributed by atoms with Crippen LogP contribution in [0, 0.1) is 0 Å². The summed E-state index contributed by atoms with van der Waals surface area (Å²) in [7, 11) is 0. The Morgan fingerprint density at radius 2 is 1.97 bits per heavy atom. The quantitative estimate of drug-likeness (QED) is 0.501. The first-order valence-corrected chi connectivity index (χ1v) is 10.3. The minimum atomic E-state index is -0.540.